The maximum Gasteiger partial charge on any atom is 0.304 e. The van der Waals surface area contributed by atoms with E-state index in [9.17, 15) is 17.6 Å². The number of carbonyl (C=O) groups is 1. The molecule has 0 spiro atoms. The molecule has 220 valence electrons. The highest BCUT2D eigenvalue weighted by atomic mass is 32.2. The molecule has 1 aromatic carbocycles. The van der Waals surface area contributed by atoms with Crippen LogP contribution in [0.25, 0.3) is 11.3 Å². The number of nitrogens with one attached hydrogen (secondary N) is 1. The first kappa shape index (κ1) is 30.2. The van der Waals surface area contributed by atoms with Gasteiger partial charge in [-0.1, -0.05) is 20.8 Å². The van der Waals surface area contributed by atoms with E-state index in [2.05, 4.69) is 25.5 Å². The summed E-state index contributed by atoms with van der Waals surface area (Å²) in [5.74, 6) is 0.0936. The van der Waals surface area contributed by atoms with Gasteiger partial charge in [-0.3, -0.25) is 4.79 Å². The number of nitrogens with zero attached hydrogens (tertiary/aromatic N) is 3. The fraction of sp³-hybridized carbons (Fsp3) is 0.586. The van der Waals surface area contributed by atoms with Gasteiger partial charge in [-0.05, 0) is 76.1 Å². The summed E-state index contributed by atoms with van der Waals surface area (Å²) in [4.78, 5) is 20.4. The summed E-state index contributed by atoms with van der Waals surface area (Å²) in [5, 5.41) is 0. The largest absolute Gasteiger partial charge is 0.493 e. The molecular weight excluding hydrogens is 533 g/mol. The van der Waals surface area contributed by atoms with Crippen molar-refractivity contribution in [1.29, 1.82) is 0 Å². The molecule has 2 aliphatic heterocycles. The van der Waals surface area contributed by atoms with E-state index in [1.807, 2.05) is 18.7 Å². The summed E-state index contributed by atoms with van der Waals surface area (Å²) < 4.78 is 50.2. The lowest BCUT2D eigenvalue weighted by atomic mass is 9.90. The minimum absolute atomic E-state index is 0.122. The number of pyridine rings is 1. The second kappa shape index (κ2) is 11.3. The maximum atomic E-state index is 14.6. The highest BCUT2D eigenvalue weighted by Crippen LogP contribution is 2.39. The minimum Gasteiger partial charge on any atom is -0.493 e. The molecule has 2 aromatic rings. The Bertz CT molecular complexity index is 1360. The number of rotatable bonds is 8. The van der Waals surface area contributed by atoms with Crippen LogP contribution in [0.15, 0.2) is 30.3 Å². The van der Waals surface area contributed by atoms with Crippen molar-refractivity contribution in [3.8, 4) is 17.0 Å². The molecule has 4 rings (SSSR count). The van der Waals surface area contributed by atoms with E-state index >= 15 is 0 Å². The summed E-state index contributed by atoms with van der Waals surface area (Å²) in [5.41, 5.74) is 6.29. The Morgan fingerprint density at radius 1 is 1.23 bits per heavy atom. The smallest absolute Gasteiger partial charge is 0.304 e. The molecule has 1 amide bonds. The Morgan fingerprint density at radius 3 is 2.58 bits per heavy atom. The Hall–Kier alpha value is -2.76. The average Bonchev–Trinajstić information content (AvgIpc) is 3.12. The number of halogens is 1. The number of anilines is 1. The van der Waals surface area contributed by atoms with Gasteiger partial charge in [-0.2, -0.15) is 12.7 Å². The molecule has 9 nitrogen and oxygen atoms in total. The van der Waals surface area contributed by atoms with Crippen molar-refractivity contribution >= 4 is 21.9 Å². The number of hydrogen-bond donors (Lipinski definition) is 2. The number of ether oxygens (including phenoxy) is 1. The van der Waals surface area contributed by atoms with Crippen molar-refractivity contribution in [1.82, 2.24) is 14.0 Å². The van der Waals surface area contributed by atoms with Crippen LogP contribution in [0, 0.1) is 17.7 Å². The van der Waals surface area contributed by atoms with Gasteiger partial charge < -0.3 is 15.4 Å². The molecule has 2 atom stereocenters. The summed E-state index contributed by atoms with van der Waals surface area (Å²) >= 11 is 0. The van der Waals surface area contributed by atoms with E-state index in [1.54, 1.807) is 25.1 Å². The second-order valence-corrected chi connectivity index (χ2v) is 14.1. The third-order valence-electron chi connectivity index (χ3n) is 8.07. The van der Waals surface area contributed by atoms with Crippen LogP contribution in [0.1, 0.15) is 71.2 Å². The predicted molar refractivity (Wildman–Crippen MR) is 155 cm³/mol. The predicted octanol–water partition coefficient (Wildman–Crippen LogP) is 4.34. The number of hydrogen-bond acceptors (Lipinski definition) is 7. The van der Waals surface area contributed by atoms with Gasteiger partial charge in [-0.25, -0.2) is 14.1 Å². The number of piperidine rings is 1. The molecule has 2 fully saturated rings. The maximum absolute atomic E-state index is 14.6. The summed E-state index contributed by atoms with van der Waals surface area (Å²) in [6.07, 6.45) is 2.20. The number of benzene rings is 1. The fourth-order valence-corrected chi connectivity index (χ4v) is 6.63. The highest BCUT2D eigenvalue weighted by molar-refractivity contribution is 7.87. The number of nitrogens with two attached hydrogens (primary N) is 1. The quantitative estimate of drug-likeness (QED) is 0.481. The Labute approximate surface area is 237 Å². The molecule has 40 heavy (non-hydrogen) atoms. The lowest BCUT2D eigenvalue weighted by molar-refractivity contribution is 0.0977. The summed E-state index contributed by atoms with van der Waals surface area (Å²) in [6.45, 7) is 13.6. The number of aromatic nitrogens is 1. The van der Waals surface area contributed by atoms with Gasteiger partial charge in [0.1, 0.15) is 17.4 Å². The SMILES string of the molecule is CC(C)COc1cc(F)cc(-c2ccc(C(=O)NS(=O)(=O)N3CCCC(C)(N)C3)c(N3CCC(C)C3(C)C)n2)c1. The minimum atomic E-state index is -4.13. The molecule has 3 N–H and O–H groups in total. The lowest BCUT2D eigenvalue weighted by Crippen LogP contribution is -2.56. The zero-order chi connectivity index (χ0) is 29.5. The van der Waals surface area contributed by atoms with Crippen LogP contribution in [-0.2, 0) is 10.2 Å². The molecule has 2 saturated heterocycles. The van der Waals surface area contributed by atoms with Crippen LogP contribution < -0.4 is 20.1 Å². The molecule has 2 unspecified atom stereocenters. The third-order valence-corrected chi connectivity index (χ3v) is 9.50. The van der Waals surface area contributed by atoms with Crippen molar-refractivity contribution in [3.63, 3.8) is 0 Å². The lowest BCUT2D eigenvalue weighted by Gasteiger charge is -2.37. The van der Waals surface area contributed by atoms with Gasteiger partial charge in [0, 0.05) is 42.3 Å². The Kier molecular flexibility index (Phi) is 8.50. The third kappa shape index (κ3) is 6.58. The average molecular weight is 576 g/mol. The van der Waals surface area contributed by atoms with E-state index in [0.29, 0.717) is 54.7 Å². The molecule has 1 aromatic heterocycles. The molecule has 0 saturated carbocycles. The van der Waals surface area contributed by atoms with E-state index in [-0.39, 0.29) is 30.1 Å². The van der Waals surface area contributed by atoms with Crippen LogP contribution >= 0.6 is 0 Å². The molecule has 11 heteroatoms. The van der Waals surface area contributed by atoms with Crippen molar-refractivity contribution in [2.75, 3.05) is 31.1 Å². The van der Waals surface area contributed by atoms with Crippen LogP contribution in [0.2, 0.25) is 0 Å². The fourth-order valence-electron chi connectivity index (χ4n) is 5.32. The Morgan fingerprint density at radius 2 is 1.95 bits per heavy atom. The monoisotopic (exact) mass is 575 g/mol. The first-order valence-corrected chi connectivity index (χ1v) is 15.4. The first-order chi connectivity index (χ1) is 18.6. The highest BCUT2D eigenvalue weighted by Gasteiger charge is 2.41. The van der Waals surface area contributed by atoms with E-state index in [1.165, 1.54) is 16.4 Å². The van der Waals surface area contributed by atoms with E-state index < -0.39 is 27.5 Å². The Balaban J connectivity index is 1.72. The molecule has 3 heterocycles. The van der Waals surface area contributed by atoms with Crippen molar-refractivity contribution in [2.24, 2.45) is 17.6 Å². The van der Waals surface area contributed by atoms with Gasteiger partial charge in [0.2, 0.25) is 0 Å². The van der Waals surface area contributed by atoms with Gasteiger partial charge in [0.05, 0.1) is 17.9 Å². The molecule has 0 aliphatic carbocycles. The van der Waals surface area contributed by atoms with Gasteiger partial charge in [0.25, 0.3) is 5.91 Å². The molecule has 0 radical (unpaired) electrons. The van der Waals surface area contributed by atoms with E-state index in [4.69, 9.17) is 15.5 Å². The van der Waals surface area contributed by atoms with Crippen LogP contribution in [0.5, 0.6) is 5.75 Å². The molecular formula is C29H42FN5O4S. The number of carbonyl (C=O) groups excluding carboxylic acids is 1. The topological polar surface area (TPSA) is 118 Å². The van der Waals surface area contributed by atoms with Gasteiger partial charge >= 0.3 is 10.2 Å². The van der Waals surface area contributed by atoms with Gasteiger partial charge in [0.15, 0.2) is 0 Å². The van der Waals surface area contributed by atoms with Crippen LogP contribution in [0.3, 0.4) is 0 Å². The summed E-state index contributed by atoms with van der Waals surface area (Å²) in [6, 6.07) is 7.59. The van der Waals surface area contributed by atoms with Crippen molar-refractivity contribution < 1.29 is 22.3 Å². The van der Waals surface area contributed by atoms with Crippen LogP contribution in [0.4, 0.5) is 10.2 Å². The standard InChI is InChI=1S/C29H42FN5O4S/c1-19(2)17-39-23-15-21(14-22(30)16-23)25-9-8-24(26(32-25)35-13-10-20(3)28(35,4)5)27(36)33-40(37,38)34-12-7-11-29(6,31)18-34/h8-9,14-16,19-20H,7,10-13,17-18,31H2,1-6H3,(H,33,36). The zero-order valence-corrected chi connectivity index (χ0v) is 25.1. The van der Waals surface area contributed by atoms with Crippen molar-refractivity contribution in [3.05, 3.63) is 41.7 Å². The summed E-state index contributed by atoms with van der Waals surface area (Å²) in [7, 11) is -4.13. The van der Waals surface area contributed by atoms with Gasteiger partial charge in [-0.15, -0.1) is 0 Å². The second-order valence-electron chi connectivity index (χ2n) is 12.5. The van der Waals surface area contributed by atoms with E-state index in [0.717, 1.165) is 6.42 Å². The number of amides is 1. The van der Waals surface area contributed by atoms with Crippen LogP contribution in [-0.4, -0.2) is 60.9 Å². The first-order valence-electron chi connectivity index (χ1n) is 13.9. The molecule has 2 aliphatic rings. The normalized spacial score (nSPS) is 23.4. The van der Waals surface area contributed by atoms with Crippen molar-refractivity contribution in [2.45, 2.75) is 71.9 Å². The molecule has 0 bridgehead atoms. The zero-order valence-electron chi connectivity index (χ0n) is 24.3.